The van der Waals surface area contributed by atoms with Gasteiger partial charge in [0.2, 0.25) is 0 Å². The largest absolute Gasteiger partial charge is 0.353 e. The zero-order chi connectivity index (χ0) is 17.3. The predicted molar refractivity (Wildman–Crippen MR) is 94.3 cm³/mol. The third-order valence-corrected chi connectivity index (χ3v) is 4.41. The molecule has 24 heavy (non-hydrogen) atoms. The van der Waals surface area contributed by atoms with Gasteiger partial charge in [-0.3, -0.25) is 9.48 Å². The first-order valence-corrected chi connectivity index (χ1v) is 8.36. The molecule has 0 saturated carbocycles. The highest BCUT2D eigenvalue weighted by Crippen LogP contribution is 2.22. The second-order valence-corrected chi connectivity index (χ2v) is 7.26. The summed E-state index contributed by atoms with van der Waals surface area (Å²) >= 11 is 0. The number of hydrogen-bond donors (Lipinski definition) is 0. The van der Waals surface area contributed by atoms with E-state index in [1.165, 1.54) is 0 Å². The lowest BCUT2D eigenvalue weighted by Crippen LogP contribution is -2.49. The van der Waals surface area contributed by atoms with Crippen LogP contribution in [0.4, 0.5) is 5.82 Å². The predicted octanol–water partition coefficient (Wildman–Crippen LogP) is 2.08. The van der Waals surface area contributed by atoms with Gasteiger partial charge in [-0.2, -0.15) is 5.10 Å². The fourth-order valence-electron chi connectivity index (χ4n) is 2.88. The third kappa shape index (κ3) is 3.27. The normalized spacial score (nSPS) is 15.7. The van der Waals surface area contributed by atoms with Crippen molar-refractivity contribution in [3.63, 3.8) is 0 Å². The molecule has 3 heterocycles. The summed E-state index contributed by atoms with van der Waals surface area (Å²) in [5, 5.41) is 4.51. The number of nitrogens with zero attached hydrogens (tertiary/aromatic N) is 5. The van der Waals surface area contributed by atoms with Gasteiger partial charge in [0.1, 0.15) is 11.5 Å². The molecule has 2 aromatic heterocycles. The maximum atomic E-state index is 12.8. The first-order valence-electron chi connectivity index (χ1n) is 8.36. The summed E-state index contributed by atoms with van der Waals surface area (Å²) in [6.45, 7) is 9.32. The topological polar surface area (TPSA) is 54.3 Å². The lowest BCUT2D eigenvalue weighted by atomic mass is 9.92. The molecule has 6 heteroatoms. The highest BCUT2D eigenvalue weighted by atomic mass is 16.2. The zero-order valence-electron chi connectivity index (χ0n) is 14.9. The van der Waals surface area contributed by atoms with Gasteiger partial charge < -0.3 is 9.80 Å². The van der Waals surface area contributed by atoms with E-state index in [0.717, 1.165) is 24.6 Å². The Balaban J connectivity index is 1.69. The highest BCUT2D eigenvalue weighted by Gasteiger charge is 2.27. The SMILES string of the molecule is Cn1nc(C(C)(C)C)cc1C(=O)N1CCN(c2ccccn2)CC1. The number of anilines is 1. The molecule has 0 radical (unpaired) electrons. The summed E-state index contributed by atoms with van der Waals surface area (Å²) in [5.74, 6) is 1.03. The number of piperazine rings is 1. The minimum Gasteiger partial charge on any atom is -0.353 e. The molecule has 1 aliphatic rings. The van der Waals surface area contributed by atoms with E-state index in [9.17, 15) is 4.79 Å². The standard InChI is InChI=1S/C18H25N5O/c1-18(2,3)15-13-14(21(4)20-15)17(24)23-11-9-22(10-12-23)16-7-5-6-8-19-16/h5-8,13H,9-12H2,1-4H3. The molecule has 2 aromatic rings. The van der Waals surface area contributed by atoms with Gasteiger partial charge in [-0.25, -0.2) is 4.98 Å². The Morgan fingerprint density at radius 1 is 1.12 bits per heavy atom. The van der Waals surface area contributed by atoms with Crippen molar-refractivity contribution in [2.45, 2.75) is 26.2 Å². The Hall–Kier alpha value is -2.37. The molecule has 0 N–H and O–H groups in total. The van der Waals surface area contributed by atoms with Crippen molar-refractivity contribution >= 4 is 11.7 Å². The molecular formula is C18H25N5O. The molecular weight excluding hydrogens is 302 g/mol. The second-order valence-electron chi connectivity index (χ2n) is 7.26. The van der Waals surface area contributed by atoms with Gasteiger partial charge in [0.05, 0.1) is 5.69 Å². The average molecular weight is 327 g/mol. The average Bonchev–Trinajstić information content (AvgIpc) is 2.97. The van der Waals surface area contributed by atoms with Crippen LogP contribution in [0.2, 0.25) is 0 Å². The molecule has 0 bridgehead atoms. The van der Waals surface area contributed by atoms with E-state index in [1.54, 1.807) is 10.9 Å². The van der Waals surface area contributed by atoms with Gasteiger partial charge in [0.15, 0.2) is 0 Å². The van der Waals surface area contributed by atoms with Crippen LogP contribution in [-0.2, 0) is 12.5 Å². The van der Waals surface area contributed by atoms with Crippen LogP contribution in [0, 0.1) is 0 Å². The van der Waals surface area contributed by atoms with Crippen LogP contribution in [-0.4, -0.2) is 51.8 Å². The number of amides is 1. The number of carbonyl (C=O) groups excluding carboxylic acids is 1. The van der Waals surface area contributed by atoms with Gasteiger partial charge in [0.25, 0.3) is 5.91 Å². The van der Waals surface area contributed by atoms with Gasteiger partial charge in [-0.15, -0.1) is 0 Å². The van der Waals surface area contributed by atoms with Crippen molar-refractivity contribution in [1.82, 2.24) is 19.7 Å². The molecule has 6 nitrogen and oxygen atoms in total. The number of aromatic nitrogens is 3. The van der Waals surface area contributed by atoms with Gasteiger partial charge in [0, 0.05) is 44.8 Å². The fourth-order valence-corrected chi connectivity index (χ4v) is 2.88. The minimum atomic E-state index is -0.0615. The zero-order valence-corrected chi connectivity index (χ0v) is 14.9. The number of rotatable bonds is 2. The number of hydrogen-bond acceptors (Lipinski definition) is 4. The van der Waals surface area contributed by atoms with E-state index in [0.29, 0.717) is 18.8 Å². The summed E-state index contributed by atoms with van der Waals surface area (Å²) in [6.07, 6.45) is 1.80. The van der Waals surface area contributed by atoms with Crippen LogP contribution in [0.25, 0.3) is 0 Å². The van der Waals surface area contributed by atoms with Gasteiger partial charge in [-0.1, -0.05) is 26.8 Å². The van der Waals surface area contributed by atoms with Crippen molar-refractivity contribution in [3.05, 3.63) is 41.9 Å². The molecule has 1 saturated heterocycles. The molecule has 3 rings (SSSR count). The Morgan fingerprint density at radius 3 is 2.38 bits per heavy atom. The molecule has 0 aromatic carbocycles. The first-order chi connectivity index (χ1) is 11.4. The van der Waals surface area contributed by atoms with Crippen molar-refractivity contribution in [2.75, 3.05) is 31.1 Å². The summed E-state index contributed by atoms with van der Waals surface area (Å²) in [7, 11) is 1.84. The quantitative estimate of drug-likeness (QED) is 0.847. The summed E-state index contributed by atoms with van der Waals surface area (Å²) in [6, 6.07) is 7.84. The van der Waals surface area contributed by atoms with E-state index in [1.807, 2.05) is 36.2 Å². The Kier molecular flexibility index (Phi) is 4.30. The number of pyridine rings is 1. The number of aryl methyl sites for hydroxylation is 1. The second kappa shape index (κ2) is 6.26. The summed E-state index contributed by atoms with van der Waals surface area (Å²) in [4.78, 5) is 21.3. The van der Waals surface area contributed by atoms with E-state index in [4.69, 9.17) is 0 Å². The molecule has 128 valence electrons. The Labute approximate surface area is 143 Å². The summed E-state index contributed by atoms with van der Waals surface area (Å²) < 4.78 is 1.70. The molecule has 0 unspecified atom stereocenters. The van der Waals surface area contributed by atoms with E-state index < -0.39 is 0 Å². The maximum absolute atomic E-state index is 12.8. The molecule has 0 atom stereocenters. The lowest BCUT2D eigenvalue weighted by molar-refractivity contribution is 0.0735. The van der Waals surface area contributed by atoms with Gasteiger partial charge >= 0.3 is 0 Å². The minimum absolute atomic E-state index is 0.0566. The van der Waals surface area contributed by atoms with E-state index in [-0.39, 0.29) is 11.3 Å². The monoisotopic (exact) mass is 327 g/mol. The van der Waals surface area contributed by atoms with Crippen LogP contribution in [0.3, 0.4) is 0 Å². The van der Waals surface area contributed by atoms with Crippen molar-refractivity contribution in [1.29, 1.82) is 0 Å². The Morgan fingerprint density at radius 2 is 1.83 bits per heavy atom. The van der Waals surface area contributed by atoms with Crippen LogP contribution in [0.5, 0.6) is 0 Å². The Bertz CT molecular complexity index is 709. The molecule has 0 aliphatic carbocycles. The van der Waals surface area contributed by atoms with Crippen molar-refractivity contribution in [2.24, 2.45) is 7.05 Å². The smallest absolute Gasteiger partial charge is 0.272 e. The van der Waals surface area contributed by atoms with Crippen LogP contribution >= 0.6 is 0 Å². The van der Waals surface area contributed by atoms with Crippen LogP contribution < -0.4 is 4.90 Å². The molecule has 1 aliphatic heterocycles. The van der Waals surface area contributed by atoms with Crippen LogP contribution in [0.15, 0.2) is 30.5 Å². The molecule has 1 fully saturated rings. The number of carbonyl (C=O) groups is 1. The van der Waals surface area contributed by atoms with Gasteiger partial charge in [-0.05, 0) is 18.2 Å². The van der Waals surface area contributed by atoms with Crippen molar-refractivity contribution in [3.8, 4) is 0 Å². The molecule has 1 amide bonds. The first kappa shape index (κ1) is 16.5. The van der Waals surface area contributed by atoms with E-state index in [2.05, 4.69) is 35.8 Å². The van der Waals surface area contributed by atoms with E-state index >= 15 is 0 Å². The lowest BCUT2D eigenvalue weighted by Gasteiger charge is -2.35. The summed E-state index contributed by atoms with van der Waals surface area (Å²) in [5.41, 5.74) is 1.54. The van der Waals surface area contributed by atoms with Crippen LogP contribution in [0.1, 0.15) is 37.0 Å². The maximum Gasteiger partial charge on any atom is 0.272 e. The molecule has 0 spiro atoms. The van der Waals surface area contributed by atoms with Crippen molar-refractivity contribution < 1.29 is 4.79 Å². The fraction of sp³-hybridized carbons (Fsp3) is 0.500. The highest BCUT2D eigenvalue weighted by molar-refractivity contribution is 5.93. The third-order valence-electron chi connectivity index (χ3n) is 4.41.